The molecule has 0 aliphatic heterocycles. The molecule has 0 unspecified atom stereocenters. The Labute approximate surface area is 93.6 Å². The normalized spacial score (nSPS) is 15.3. The number of rotatable bonds is 2. The molecule has 0 amide bonds. The van der Waals surface area contributed by atoms with Crippen LogP contribution in [0.1, 0.15) is 24.1 Å². The van der Waals surface area contributed by atoms with Crippen LogP contribution in [-0.4, -0.2) is 11.2 Å². The summed E-state index contributed by atoms with van der Waals surface area (Å²) in [7, 11) is 0. The summed E-state index contributed by atoms with van der Waals surface area (Å²) >= 11 is 11.8. The van der Waals surface area contributed by atoms with Crippen molar-refractivity contribution in [2.45, 2.75) is 26.0 Å². The Morgan fingerprint density at radius 3 is 2.43 bits per heavy atom. The standard InChI is InChI=1S/C10H13Cl2NO/c1-5-7(10(13)6(2)14)3-4-8(11)9(5)12/h3-4,6,10,14H,13H2,1-2H3/t6-,10-/m1/s1. The maximum Gasteiger partial charge on any atom is 0.0704 e. The highest BCUT2D eigenvalue weighted by molar-refractivity contribution is 6.42. The highest BCUT2D eigenvalue weighted by Gasteiger charge is 2.16. The SMILES string of the molecule is Cc1c([C@H](N)[C@@H](C)O)ccc(Cl)c1Cl. The largest absolute Gasteiger partial charge is 0.391 e. The number of hydrogen-bond acceptors (Lipinski definition) is 2. The molecule has 0 radical (unpaired) electrons. The molecule has 2 atom stereocenters. The van der Waals surface area contributed by atoms with Crippen molar-refractivity contribution < 1.29 is 5.11 Å². The fourth-order valence-electron chi connectivity index (χ4n) is 1.29. The van der Waals surface area contributed by atoms with Crippen molar-refractivity contribution in [3.8, 4) is 0 Å². The monoisotopic (exact) mass is 233 g/mol. The van der Waals surface area contributed by atoms with Crippen LogP contribution in [0.4, 0.5) is 0 Å². The zero-order valence-corrected chi connectivity index (χ0v) is 9.60. The van der Waals surface area contributed by atoms with Crippen LogP contribution in [0.2, 0.25) is 10.0 Å². The van der Waals surface area contributed by atoms with Crippen molar-refractivity contribution in [1.29, 1.82) is 0 Å². The molecule has 4 heteroatoms. The van der Waals surface area contributed by atoms with Crippen LogP contribution in [0.5, 0.6) is 0 Å². The van der Waals surface area contributed by atoms with Gasteiger partial charge in [-0.2, -0.15) is 0 Å². The molecule has 3 N–H and O–H groups in total. The van der Waals surface area contributed by atoms with Crippen LogP contribution in [0, 0.1) is 6.92 Å². The van der Waals surface area contributed by atoms with Crippen LogP contribution in [0.15, 0.2) is 12.1 Å². The molecule has 0 saturated carbocycles. The second-order valence-electron chi connectivity index (χ2n) is 3.34. The quantitative estimate of drug-likeness (QED) is 0.826. The van der Waals surface area contributed by atoms with Gasteiger partial charge in [0.15, 0.2) is 0 Å². The van der Waals surface area contributed by atoms with Gasteiger partial charge in [-0.05, 0) is 31.0 Å². The predicted molar refractivity (Wildman–Crippen MR) is 59.8 cm³/mol. The van der Waals surface area contributed by atoms with Gasteiger partial charge in [-0.1, -0.05) is 29.3 Å². The molecule has 0 aliphatic rings. The van der Waals surface area contributed by atoms with Crippen molar-refractivity contribution >= 4 is 23.2 Å². The van der Waals surface area contributed by atoms with Crippen molar-refractivity contribution in [2.24, 2.45) is 5.73 Å². The molecule has 0 aliphatic carbocycles. The molecule has 14 heavy (non-hydrogen) atoms. The Kier molecular flexibility index (Phi) is 3.78. The average Bonchev–Trinajstić information content (AvgIpc) is 2.13. The summed E-state index contributed by atoms with van der Waals surface area (Å²) in [5.41, 5.74) is 7.46. The van der Waals surface area contributed by atoms with E-state index < -0.39 is 12.1 Å². The summed E-state index contributed by atoms with van der Waals surface area (Å²) in [5.74, 6) is 0. The van der Waals surface area contributed by atoms with Crippen LogP contribution >= 0.6 is 23.2 Å². The number of nitrogens with two attached hydrogens (primary N) is 1. The van der Waals surface area contributed by atoms with Crippen molar-refractivity contribution in [3.05, 3.63) is 33.3 Å². The van der Waals surface area contributed by atoms with Gasteiger partial charge in [-0.15, -0.1) is 0 Å². The predicted octanol–water partition coefficient (Wildman–Crippen LogP) is 2.68. The third-order valence-corrected chi connectivity index (χ3v) is 3.16. The average molecular weight is 234 g/mol. The first-order valence-corrected chi connectivity index (χ1v) is 5.09. The van der Waals surface area contributed by atoms with E-state index in [0.29, 0.717) is 10.0 Å². The fourth-order valence-corrected chi connectivity index (χ4v) is 1.66. The lowest BCUT2D eigenvalue weighted by atomic mass is 9.98. The van der Waals surface area contributed by atoms with Gasteiger partial charge >= 0.3 is 0 Å². The molecule has 78 valence electrons. The van der Waals surface area contributed by atoms with Gasteiger partial charge in [0.05, 0.1) is 22.2 Å². The van der Waals surface area contributed by atoms with E-state index in [2.05, 4.69) is 0 Å². The fraction of sp³-hybridized carbons (Fsp3) is 0.400. The van der Waals surface area contributed by atoms with Gasteiger partial charge in [0.25, 0.3) is 0 Å². The molecule has 0 aromatic heterocycles. The van der Waals surface area contributed by atoms with E-state index in [9.17, 15) is 5.11 Å². The molecular weight excluding hydrogens is 221 g/mol. The number of aliphatic hydroxyl groups excluding tert-OH is 1. The third-order valence-electron chi connectivity index (χ3n) is 2.26. The minimum absolute atomic E-state index is 0.426. The summed E-state index contributed by atoms with van der Waals surface area (Å²) < 4.78 is 0. The Bertz CT molecular complexity index is 339. The molecule has 0 fully saturated rings. The lowest BCUT2D eigenvalue weighted by Crippen LogP contribution is -2.24. The first kappa shape index (κ1) is 11.8. The maximum absolute atomic E-state index is 9.36. The van der Waals surface area contributed by atoms with E-state index in [-0.39, 0.29) is 0 Å². The van der Waals surface area contributed by atoms with Gasteiger partial charge in [0, 0.05) is 0 Å². The summed E-state index contributed by atoms with van der Waals surface area (Å²) in [6.45, 7) is 3.48. The minimum Gasteiger partial charge on any atom is -0.391 e. The van der Waals surface area contributed by atoms with Crippen LogP contribution in [0.25, 0.3) is 0 Å². The molecular formula is C10H13Cl2NO. The molecule has 1 aromatic rings. The van der Waals surface area contributed by atoms with E-state index in [4.69, 9.17) is 28.9 Å². The maximum atomic E-state index is 9.36. The van der Waals surface area contributed by atoms with Crippen molar-refractivity contribution in [2.75, 3.05) is 0 Å². The van der Waals surface area contributed by atoms with E-state index in [1.807, 2.05) is 6.92 Å². The summed E-state index contributed by atoms with van der Waals surface area (Å²) in [5, 5.41) is 10.4. The zero-order valence-electron chi connectivity index (χ0n) is 8.09. The van der Waals surface area contributed by atoms with E-state index >= 15 is 0 Å². The number of aliphatic hydroxyl groups is 1. The molecule has 0 saturated heterocycles. The third kappa shape index (κ3) is 2.20. The Morgan fingerprint density at radius 2 is 1.93 bits per heavy atom. The van der Waals surface area contributed by atoms with Gasteiger partial charge in [0.2, 0.25) is 0 Å². The summed E-state index contributed by atoms with van der Waals surface area (Å²) in [6.07, 6.45) is -0.606. The minimum atomic E-state index is -0.606. The van der Waals surface area contributed by atoms with E-state index in [0.717, 1.165) is 11.1 Å². The molecule has 0 heterocycles. The van der Waals surface area contributed by atoms with Crippen LogP contribution in [0.3, 0.4) is 0 Å². The highest BCUT2D eigenvalue weighted by atomic mass is 35.5. The molecule has 1 aromatic carbocycles. The number of benzene rings is 1. The summed E-state index contributed by atoms with van der Waals surface area (Å²) in [4.78, 5) is 0. The van der Waals surface area contributed by atoms with Crippen molar-refractivity contribution in [1.82, 2.24) is 0 Å². The lowest BCUT2D eigenvalue weighted by molar-refractivity contribution is 0.164. The Hall–Kier alpha value is -0.280. The van der Waals surface area contributed by atoms with E-state index in [1.54, 1.807) is 19.1 Å². The second kappa shape index (κ2) is 4.49. The van der Waals surface area contributed by atoms with Gasteiger partial charge < -0.3 is 10.8 Å². The van der Waals surface area contributed by atoms with Gasteiger partial charge in [-0.25, -0.2) is 0 Å². The number of halogens is 2. The molecule has 0 bridgehead atoms. The summed E-state index contributed by atoms with van der Waals surface area (Å²) in [6, 6.07) is 3.06. The topological polar surface area (TPSA) is 46.2 Å². The zero-order chi connectivity index (χ0) is 10.9. The molecule has 0 spiro atoms. The van der Waals surface area contributed by atoms with Gasteiger partial charge in [-0.3, -0.25) is 0 Å². The smallest absolute Gasteiger partial charge is 0.0704 e. The first-order valence-electron chi connectivity index (χ1n) is 4.33. The van der Waals surface area contributed by atoms with Crippen LogP contribution < -0.4 is 5.73 Å². The van der Waals surface area contributed by atoms with Gasteiger partial charge in [0.1, 0.15) is 0 Å². The van der Waals surface area contributed by atoms with Crippen LogP contribution in [-0.2, 0) is 0 Å². The molecule has 1 rings (SSSR count). The number of hydrogen-bond donors (Lipinski definition) is 2. The second-order valence-corrected chi connectivity index (χ2v) is 4.13. The van der Waals surface area contributed by atoms with E-state index in [1.165, 1.54) is 0 Å². The lowest BCUT2D eigenvalue weighted by Gasteiger charge is -2.18. The van der Waals surface area contributed by atoms with Crippen molar-refractivity contribution in [3.63, 3.8) is 0 Å². The highest BCUT2D eigenvalue weighted by Crippen LogP contribution is 2.30. The molecule has 2 nitrogen and oxygen atoms in total. The Morgan fingerprint density at radius 1 is 1.36 bits per heavy atom. The first-order chi connectivity index (χ1) is 6.45. The Balaban J connectivity index is 3.17.